The van der Waals surface area contributed by atoms with Crippen molar-refractivity contribution in [3.8, 4) is 10.6 Å². The first-order chi connectivity index (χ1) is 11.6. The van der Waals surface area contributed by atoms with Gasteiger partial charge in [0.2, 0.25) is 0 Å². The molecule has 0 aliphatic heterocycles. The van der Waals surface area contributed by atoms with Gasteiger partial charge in [-0.1, -0.05) is 0 Å². The average Bonchev–Trinajstić information content (AvgIpc) is 2.99. The highest BCUT2D eigenvalue weighted by Gasteiger charge is 2.29. The monoisotopic (exact) mass is 350 g/mol. The summed E-state index contributed by atoms with van der Waals surface area (Å²) in [5.41, 5.74) is 0.532. The highest BCUT2D eigenvalue weighted by atomic mass is 32.1. The molecule has 0 bridgehead atoms. The molecule has 0 radical (unpaired) electrons. The van der Waals surface area contributed by atoms with Crippen molar-refractivity contribution in [2.75, 3.05) is 5.32 Å². The zero-order valence-electron chi connectivity index (χ0n) is 12.2. The number of nitrogens with zero attached hydrogens (tertiary/aromatic N) is 4. The first-order valence-electron chi connectivity index (χ1n) is 7.25. The zero-order chi connectivity index (χ0) is 16.7. The molecule has 4 rings (SSSR count). The van der Waals surface area contributed by atoms with E-state index in [9.17, 15) is 13.6 Å². The van der Waals surface area contributed by atoms with E-state index in [0.717, 1.165) is 18.4 Å². The molecular formula is C14H12F2N6OS. The molecule has 3 aromatic rings. The van der Waals surface area contributed by atoms with E-state index >= 15 is 0 Å². The van der Waals surface area contributed by atoms with Crippen LogP contribution in [0, 0.1) is 0 Å². The maximum Gasteiger partial charge on any atom is 0.284 e. The molecule has 1 saturated carbocycles. The maximum absolute atomic E-state index is 13.1. The number of aromatic nitrogens is 5. The van der Waals surface area contributed by atoms with Crippen molar-refractivity contribution < 1.29 is 13.6 Å². The number of hydrogen-bond donors (Lipinski definition) is 2. The molecule has 0 spiro atoms. The van der Waals surface area contributed by atoms with E-state index in [0.29, 0.717) is 5.01 Å². The third-order valence-corrected chi connectivity index (χ3v) is 4.51. The first-order valence-corrected chi connectivity index (χ1v) is 8.13. The molecule has 124 valence electrons. The number of aromatic amines is 1. The van der Waals surface area contributed by atoms with Crippen molar-refractivity contribution in [3.05, 3.63) is 35.4 Å². The van der Waals surface area contributed by atoms with Gasteiger partial charge in [0.05, 0.1) is 17.9 Å². The molecular weight excluding hydrogens is 338 g/mol. The van der Waals surface area contributed by atoms with E-state index in [-0.39, 0.29) is 17.4 Å². The summed E-state index contributed by atoms with van der Waals surface area (Å²) in [6, 6.07) is 0.153. The van der Waals surface area contributed by atoms with E-state index in [2.05, 4.69) is 25.6 Å². The zero-order valence-corrected chi connectivity index (χ0v) is 13.1. The van der Waals surface area contributed by atoms with Crippen LogP contribution >= 0.6 is 11.3 Å². The Morgan fingerprint density at radius 1 is 1.46 bits per heavy atom. The predicted octanol–water partition coefficient (Wildman–Crippen LogP) is 3.25. The van der Waals surface area contributed by atoms with Gasteiger partial charge in [0.25, 0.3) is 12.3 Å². The highest BCUT2D eigenvalue weighted by Crippen LogP contribution is 2.37. The molecule has 3 heterocycles. The van der Waals surface area contributed by atoms with Crippen molar-refractivity contribution >= 4 is 22.9 Å². The Kier molecular flexibility index (Phi) is 3.60. The fourth-order valence-corrected chi connectivity index (χ4v) is 3.04. The van der Waals surface area contributed by atoms with Crippen molar-refractivity contribution in [3.63, 3.8) is 0 Å². The standard InChI is InChI=1S/C14H12F2N6OS/c15-12(16)11-9(5-22(21-11)8-1-2-8)19-13(23)10-6-24-14(20-10)7-3-17-18-4-7/h3-6,8,12H,1-2H2,(H,17,18)(H,19,23). The number of carbonyl (C=O) groups is 1. The first kappa shape index (κ1) is 14.9. The molecule has 1 amide bonds. The molecule has 0 aromatic carbocycles. The van der Waals surface area contributed by atoms with E-state index in [1.807, 2.05) is 0 Å². The van der Waals surface area contributed by atoms with Crippen LogP contribution in [-0.2, 0) is 0 Å². The summed E-state index contributed by atoms with van der Waals surface area (Å²) in [6.07, 6.45) is 3.79. The van der Waals surface area contributed by atoms with Gasteiger partial charge in [-0.3, -0.25) is 14.6 Å². The Labute approximate surface area is 138 Å². The van der Waals surface area contributed by atoms with Gasteiger partial charge in [-0.15, -0.1) is 11.3 Å². The summed E-state index contributed by atoms with van der Waals surface area (Å²) in [7, 11) is 0. The minimum Gasteiger partial charge on any atom is -0.317 e. The predicted molar refractivity (Wildman–Crippen MR) is 83.1 cm³/mol. The van der Waals surface area contributed by atoms with E-state index in [1.165, 1.54) is 22.2 Å². The van der Waals surface area contributed by atoms with Crippen molar-refractivity contribution in [1.29, 1.82) is 0 Å². The molecule has 0 atom stereocenters. The van der Waals surface area contributed by atoms with Crippen molar-refractivity contribution in [1.82, 2.24) is 25.0 Å². The van der Waals surface area contributed by atoms with Crippen molar-refractivity contribution in [2.24, 2.45) is 0 Å². The van der Waals surface area contributed by atoms with Gasteiger partial charge < -0.3 is 5.32 Å². The van der Waals surface area contributed by atoms with Gasteiger partial charge in [-0.25, -0.2) is 13.8 Å². The lowest BCUT2D eigenvalue weighted by atomic mass is 10.3. The summed E-state index contributed by atoms with van der Waals surface area (Å²) in [5.74, 6) is -0.543. The molecule has 1 aliphatic carbocycles. The SMILES string of the molecule is O=C(Nc1cn(C2CC2)nc1C(F)F)c1csc(-c2cn[nH]c2)n1. The van der Waals surface area contributed by atoms with Crippen LogP contribution in [0.3, 0.4) is 0 Å². The number of amides is 1. The van der Waals surface area contributed by atoms with Crippen LogP contribution in [-0.4, -0.2) is 30.9 Å². The number of hydrogen-bond acceptors (Lipinski definition) is 5. The largest absolute Gasteiger partial charge is 0.317 e. The summed E-state index contributed by atoms with van der Waals surface area (Å²) in [6.45, 7) is 0. The van der Waals surface area contributed by atoms with Crippen LogP contribution < -0.4 is 5.32 Å². The van der Waals surface area contributed by atoms with Crippen LogP contribution in [0.5, 0.6) is 0 Å². The number of halogens is 2. The third kappa shape index (κ3) is 2.80. The molecule has 24 heavy (non-hydrogen) atoms. The molecule has 2 N–H and O–H groups in total. The maximum atomic E-state index is 13.1. The van der Waals surface area contributed by atoms with Crippen LogP contribution in [0.4, 0.5) is 14.5 Å². The minimum atomic E-state index is -2.75. The van der Waals surface area contributed by atoms with Crippen LogP contribution in [0.25, 0.3) is 10.6 Å². The quantitative estimate of drug-likeness (QED) is 0.739. The minimum absolute atomic E-state index is 0.0276. The normalized spacial score (nSPS) is 14.3. The lowest BCUT2D eigenvalue weighted by Crippen LogP contribution is -2.13. The topological polar surface area (TPSA) is 88.5 Å². The number of rotatable bonds is 5. The van der Waals surface area contributed by atoms with Crippen LogP contribution in [0.2, 0.25) is 0 Å². The molecule has 0 unspecified atom stereocenters. The lowest BCUT2D eigenvalue weighted by Gasteiger charge is -2.02. The Morgan fingerprint density at radius 3 is 2.96 bits per heavy atom. The van der Waals surface area contributed by atoms with Crippen LogP contribution in [0.15, 0.2) is 24.0 Å². The smallest absolute Gasteiger partial charge is 0.284 e. The number of H-pyrrole nitrogens is 1. The Morgan fingerprint density at radius 2 is 2.29 bits per heavy atom. The van der Waals surface area contributed by atoms with Gasteiger partial charge in [0.15, 0.2) is 5.69 Å². The molecule has 1 aliphatic rings. The number of anilines is 1. The van der Waals surface area contributed by atoms with Gasteiger partial charge in [-0.05, 0) is 12.8 Å². The molecule has 3 aromatic heterocycles. The molecule has 0 saturated heterocycles. The fraction of sp³-hybridized carbons (Fsp3) is 0.286. The summed E-state index contributed by atoms with van der Waals surface area (Å²) < 4.78 is 27.7. The second kappa shape index (κ2) is 5.78. The highest BCUT2D eigenvalue weighted by molar-refractivity contribution is 7.13. The van der Waals surface area contributed by atoms with Crippen molar-refractivity contribution in [2.45, 2.75) is 25.3 Å². The van der Waals surface area contributed by atoms with Crippen LogP contribution in [0.1, 0.15) is 41.5 Å². The Balaban J connectivity index is 1.56. The summed E-state index contributed by atoms with van der Waals surface area (Å²) >= 11 is 1.28. The second-order valence-electron chi connectivity index (χ2n) is 5.42. The molecule has 7 nitrogen and oxygen atoms in total. The van der Waals surface area contributed by atoms with Gasteiger partial charge in [-0.2, -0.15) is 10.2 Å². The average molecular weight is 350 g/mol. The fourth-order valence-electron chi connectivity index (χ4n) is 2.25. The Bertz CT molecular complexity index is 868. The Hall–Kier alpha value is -2.62. The summed E-state index contributed by atoms with van der Waals surface area (Å²) in [4.78, 5) is 16.5. The van der Waals surface area contributed by atoms with Gasteiger partial charge >= 0.3 is 0 Å². The van der Waals surface area contributed by atoms with E-state index in [4.69, 9.17) is 0 Å². The summed E-state index contributed by atoms with van der Waals surface area (Å²) in [5, 5.41) is 15.1. The number of alkyl halides is 2. The number of carbonyl (C=O) groups excluding carboxylic acids is 1. The molecule has 1 fully saturated rings. The molecule has 10 heteroatoms. The number of thiazole rings is 1. The van der Waals surface area contributed by atoms with E-state index < -0.39 is 18.0 Å². The van der Waals surface area contributed by atoms with Gasteiger partial charge in [0.1, 0.15) is 10.7 Å². The van der Waals surface area contributed by atoms with E-state index in [1.54, 1.807) is 17.8 Å². The lowest BCUT2D eigenvalue weighted by molar-refractivity contribution is 0.102. The number of nitrogens with one attached hydrogen (secondary N) is 2. The third-order valence-electron chi connectivity index (χ3n) is 3.62. The second-order valence-corrected chi connectivity index (χ2v) is 6.28. The van der Waals surface area contributed by atoms with Gasteiger partial charge in [0, 0.05) is 23.3 Å².